The van der Waals surface area contributed by atoms with Crippen LogP contribution in [0.1, 0.15) is 31.2 Å². The van der Waals surface area contributed by atoms with Gasteiger partial charge in [0.05, 0.1) is 12.2 Å². The number of ether oxygens (including phenoxy) is 1. The van der Waals surface area contributed by atoms with Crippen molar-refractivity contribution in [3.8, 4) is 5.75 Å². The number of fused-ring (bicyclic) bond motifs is 1. The van der Waals surface area contributed by atoms with Gasteiger partial charge in [0.25, 0.3) is 0 Å². The summed E-state index contributed by atoms with van der Waals surface area (Å²) in [6, 6.07) is 8.29. The van der Waals surface area contributed by atoms with E-state index in [4.69, 9.17) is 4.74 Å². The molecule has 1 atom stereocenters. The Morgan fingerprint density at radius 1 is 1.39 bits per heavy atom. The van der Waals surface area contributed by atoms with Gasteiger partial charge in [-0.15, -0.1) is 0 Å². The minimum Gasteiger partial charge on any atom is -0.493 e. The van der Waals surface area contributed by atoms with Gasteiger partial charge >= 0.3 is 0 Å². The molecule has 0 amide bonds. The molecule has 3 nitrogen and oxygen atoms in total. The van der Waals surface area contributed by atoms with E-state index in [2.05, 4.69) is 24.0 Å². The van der Waals surface area contributed by atoms with Gasteiger partial charge in [-0.1, -0.05) is 31.5 Å². The van der Waals surface area contributed by atoms with Crippen LogP contribution in [0.5, 0.6) is 5.75 Å². The zero-order chi connectivity index (χ0) is 12.6. The number of para-hydroxylation sites is 1. The molecular weight excluding hydrogens is 226 g/mol. The number of hydrogen-bond donors (Lipinski definition) is 1. The number of benzene rings is 1. The predicted octanol–water partition coefficient (Wildman–Crippen LogP) is 2.01. The number of rotatable bonds is 4. The summed E-state index contributed by atoms with van der Waals surface area (Å²) in [5.41, 5.74) is 0.900. The third-order valence-electron chi connectivity index (χ3n) is 4.03. The highest BCUT2D eigenvalue weighted by molar-refractivity contribution is 5.39. The Hall–Kier alpha value is -1.06. The fourth-order valence-electron chi connectivity index (χ4n) is 3.23. The molecule has 18 heavy (non-hydrogen) atoms. The first kappa shape index (κ1) is 12.0. The first-order chi connectivity index (χ1) is 8.70. The van der Waals surface area contributed by atoms with E-state index in [1.165, 1.54) is 5.56 Å². The van der Waals surface area contributed by atoms with E-state index in [0.717, 1.165) is 44.8 Å². The van der Waals surface area contributed by atoms with Crippen LogP contribution in [-0.2, 0) is 0 Å². The summed E-state index contributed by atoms with van der Waals surface area (Å²) in [6.07, 6.45) is 1.97. The summed E-state index contributed by atoms with van der Waals surface area (Å²) < 4.78 is 5.69. The van der Waals surface area contributed by atoms with Gasteiger partial charge in [0.1, 0.15) is 5.75 Å². The smallest absolute Gasteiger partial charge is 0.122 e. The molecule has 2 heterocycles. The number of hydrogen-bond acceptors (Lipinski definition) is 3. The van der Waals surface area contributed by atoms with Gasteiger partial charge in [0.2, 0.25) is 0 Å². The third kappa shape index (κ3) is 2.13. The van der Waals surface area contributed by atoms with Crippen molar-refractivity contribution < 1.29 is 9.84 Å². The van der Waals surface area contributed by atoms with Crippen LogP contribution in [0, 0.1) is 0 Å². The van der Waals surface area contributed by atoms with E-state index in [1.54, 1.807) is 0 Å². The standard InChI is InChI=1S/C15H21NO2/c1-2-7-15(17)10-16(11-15)8-12-9-18-14-6-4-3-5-13(12)14/h3-6,12,17H,2,7-11H2,1H3. The topological polar surface area (TPSA) is 32.7 Å². The maximum Gasteiger partial charge on any atom is 0.122 e. The van der Waals surface area contributed by atoms with Gasteiger partial charge in [0, 0.05) is 31.1 Å². The predicted molar refractivity (Wildman–Crippen MR) is 71.0 cm³/mol. The van der Waals surface area contributed by atoms with Gasteiger partial charge in [-0.25, -0.2) is 0 Å². The van der Waals surface area contributed by atoms with Gasteiger partial charge in [-0.3, -0.25) is 4.90 Å². The Morgan fingerprint density at radius 3 is 2.94 bits per heavy atom. The fourth-order valence-corrected chi connectivity index (χ4v) is 3.23. The molecule has 0 aromatic heterocycles. The van der Waals surface area contributed by atoms with Crippen LogP contribution in [0.15, 0.2) is 24.3 Å². The largest absolute Gasteiger partial charge is 0.493 e. The Morgan fingerprint density at radius 2 is 2.17 bits per heavy atom. The SMILES string of the molecule is CCCC1(O)CN(CC2COc3ccccc32)C1. The van der Waals surface area contributed by atoms with Crippen molar-refractivity contribution in [2.45, 2.75) is 31.3 Å². The number of likely N-dealkylation sites (tertiary alicyclic amines) is 1. The molecular formula is C15H21NO2. The molecule has 1 aromatic carbocycles. The maximum atomic E-state index is 10.2. The molecule has 2 aliphatic heterocycles. The Kier molecular flexibility index (Phi) is 3.04. The van der Waals surface area contributed by atoms with E-state index >= 15 is 0 Å². The normalized spacial score (nSPS) is 25.3. The fraction of sp³-hybridized carbons (Fsp3) is 0.600. The van der Waals surface area contributed by atoms with Crippen LogP contribution in [0.3, 0.4) is 0 Å². The number of β-amino-alcohol motifs (C(OH)–C–C–N with tert-alkyl or cyclic N) is 1. The molecule has 98 valence electrons. The lowest BCUT2D eigenvalue weighted by Gasteiger charge is -2.47. The van der Waals surface area contributed by atoms with Crippen molar-refractivity contribution in [3.05, 3.63) is 29.8 Å². The lowest BCUT2D eigenvalue weighted by atomic mass is 9.88. The maximum absolute atomic E-state index is 10.2. The third-order valence-corrected chi connectivity index (χ3v) is 4.03. The first-order valence-corrected chi connectivity index (χ1v) is 6.87. The molecule has 3 rings (SSSR count). The minimum absolute atomic E-state index is 0.423. The number of nitrogens with zero attached hydrogens (tertiary/aromatic N) is 1. The van der Waals surface area contributed by atoms with Crippen LogP contribution >= 0.6 is 0 Å². The molecule has 1 N–H and O–H groups in total. The molecule has 0 radical (unpaired) electrons. The summed E-state index contributed by atoms with van der Waals surface area (Å²) in [4.78, 5) is 2.34. The second-order valence-electron chi connectivity index (χ2n) is 5.69. The lowest BCUT2D eigenvalue weighted by Crippen LogP contribution is -2.62. The van der Waals surface area contributed by atoms with Crippen LogP contribution < -0.4 is 4.74 Å². The van der Waals surface area contributed by atoms with Crippen molar-refractivity contribution in [2.24, 2.45) is 0 Å². The van der Waals surface area contributed by atoms with Crippen molar-refractivity contribution in [1.29, 1.82) is 0 Å². The highest BCUT2D eigenvalue weighted by Gasteiger charge is 2.41. The van der Waals surface area contributed by atoms with Crippen molar-refractivity contribution in [3.63, 3.8) is 0 Å². The average Bonchev–Trinajstić information content (AvgIpc) is 2.71. The molecule has 0 spiro atoms. The van der Waals surface area contributed by atoms with Gasteiger partial charge in [0.15, 0.2) is 0 Å². The van der Waals surface area contributed by atoms with E-state index in [1.807, 2.05) is 12.1 Å². The quantitative estimate of drug-likeness (QED) is 0.883. The van der Waals surface area contributed by atoms with Crippen LogP contribution in [0.2, 0.25) is 0 Å². The molecule has 1 aromatic rings. The van der Waals surface area contributed by atoms with Gasteiger partial charge in [-0.05, 0) is 12.5 Å². The second kappa shape index (κ2) is 4.56. The molecule has 0 bridgehead atoms. The first-order valence-electron chi connectivity index (χ1n) is 6.87. The summed E-state index contributed by atoms with van der Waals surface area (Å²) in [6.45, 7) is 5.55. The van der Waals surface area contributed by atoms with E-state index in [-0.39, 0.29) is 0 Å². The van der Waals surface area contributed by atoms with E-state index in [0.29, 0.717) is 5.92 Å². The Labute approximate surface area is 108 Å². The minimum atomic E-state index is -0.423. The molecule has 2 aliphatic rings. The Balaban J connectivity index is 1.57. The zero-order valence-electron chi connectivity index (χ0n) is 10.9. The average molecular weight is 247 g/mol. The number of aliphatic hydroxyl groups is 1. The molecule has 1 unspecified atom stereocenters. The summed E-state index contributed by atoms with van der Waals surface area (Å²) in [7, 11) is 0. The van der Waals surface area contributed by atoms with E-state index in [9.17, 15) is 5.11 Å². The van der Waals surface area contributed by atoms with Crippen molar-refractivity contribution >= 4 is 0 Å². The highest BCUT2D eigenvalue weighted by atomic mass is 16.5. The summed E-state index contributed by atoms with van der Waals surface area (Å²) >= 11 is 0. The van der Waals surface area contributed by atoms with Crippen LogP contribution in [0.25, 0.3) is 0 Å². The highest BCUT2D eigenvalue weighted by Crippen LogP contribution is 2.36. The summed E-state index contributed by atoms with van der Waals surface area (Å²) in [5, 5.41) is 10.2. The zero-order valence-corrected chi connectivity index (χ0v) is 10.9. The van der Waals surface area contributed by atoms with Crippen LogP contribution in [-0.4, -0.2) is 41.8 Å². The van der Waals surface area contributed by atoms with Gasteiger partial charge in [-0.2, -0.15) is 0 Å². The Bertz CT molecular complexity index is 426. The molecule has 1 saturated heterocycles. The van der Waals surface area contributed by atoms with Crippen molar-refractivity contribution in [1.82, 2.24) is 4.90 Å². The van der Waals surface area contributed by atoms with Crippen molar-refractivity contribution in [2.75, 3.05) is 26.2 Å². The second-order valence-corrected chi connectivity index (χ2v) is 5.69. The molecule has 0 aliphatic carbocycles. The lowest BCUT2D eigenvalue weighted by molar-refractivity contribution is -0.105. The monoisotopic (exact) mass is 247 g/mol. The van der Waals surface area contributed by atoms with Crippen LogP contribution in [0.4, 0.5) is 0 Å². The molecule has 3 heteroatoms. The van der Waals surface area contributed by atoms with Gasteiger partial charge < -0.3 is 9.84 Å². The molecule has 1 fully saturated rings. The van der Waals surface area contributed by atoms with E-state index < -0.39 is 5.60 Å². The molecule has 0 saturated carbocycles. The summed E-state index contributed by atoms with van der Waals surface area (Å²) in [5.74, 6) is 1.50.